The highest BCUT2D eigenvalue weighted by atomic mass is 16.5. The average molecular weight is 399 g/mol. The molecule has 152 valence electrons. The second kappa shape index (κ2) is 8.41. The van der Waals surface area contributed by atoms with Crippen LogP contribution >= 0.6 is 0 Å². The number of rotatable bonds is 6. The molecule has 0 aliphatic carbocycles. The van der Waals surface area contributed by atoms with Crippen molar-refractivity contribution in [3.8, 4) is 11.4 Å². The van der Waals surface area contributed by atoms with Crippen LogP contribution in [0, 0.1) is 0 Å². The minimum atomic E-state index is -0.0238. The standard InChI is InChI=1S/C25H25N3O2/c1-18(27(2)25(29)16-19-8-14-22(30-3)15-9-19)20-10-12-21(13-11-20)28-17-26-23-6-4-5-7-24(23)28/h4-15,17-18H,16H2,1-3H3/t18-/m1/s1. The van der Waals surface area contributed by atoms with Crippen LogP contribution in [0.4, 0.5) is 0 Å². The van der Waals surface area contributed by atoms with E-state index < -0.39 is 0 Å². The summed E-state index contributed by atoms with van der Waals surface area (Å²) in [6.07, 6.45) is 2.21. The first-order valence-electron chi connectivity index (χ1n) is 9.98. The van der Waals surface area contributed by atoms with Crippen LogP contribution in [0.25, 0.3) is 16.7 Å². The van der Waals surface area contributed by atoms with Gasteiger partial charge in [-0.25, -0.2) is 4.98 Å². The highest BCUT2D eigenvalue weighted by Crippen LogP contribution is 2.23. The number of fused-ring (bicyclic) bond motifs is 1. The molecule has 1 heterocycles. The summed E-state index contributed by atoms with van der Waals surface area (Å²) in [5.41, 5.74) is 5.16. The molecule has 4 aromatic rings. The molecule has 1 amide bonds. The third kappa shape index (κ3) is 3.92. The second-order valence-electron chi connectivity index (χ2n) is 7.40. The van der Waals surface area contributed by atoms with E-state index in [4.69, 9.17) is 4.74 Å². The summed E-state index contributed by atoms with van der Waals surface area (Å²) >= 11 is 0. The molecular formula is C25H25N3O2. The fourth-order valence-corrected chi connectivity index (χ4v) is 3.56. The minimum absolute atomic E-state index is 0.0238. The van der Waals surface area contributed by atoms with Crippen molar-refractivity contribution in [2.45, 2.75) is 19.4 Å². The molecule has 30 heavy (non-hydrogen) atoms. The molecule has 0 spiro atoms. The maximum atomic E-state index is 12.8. The van der Waals surface area contributed by atoms with Gasteiger partial charge in [-0.1, -0.05) is 36.4 Å². The highest BCUT2D eigenvalue weighted by molar-refractivity contribution is 5.79. The Labute approximate surface area is 176 Å². The van der Waals surface area contributed by atoms with E-state index in [1.807, 2.05) is 62.8 Å². The zero-order valence-corrected chi connectivity index (χ0v) is 17.4. The van der Waals surface area contributed by atoms with Crippen LogP contribution in [-0.4, -0.2) is 34.5 Å². The number of methoxy groups -OCH3 is 1. The number of hydrogen-bond acceptors (Lipinski definition) is 3. The third-order valence-corrected chi connectivity index (χ3v) is 5.60. The Balaban J connectivity index is 1.47. The number of imidazole rings is 1. The van der Waals surface area contributed by atoms with Crippen molar-refractivity contribution in [1.82, 2.24) is 14.5 Å². The lowest BCUT2D eigenvalue weighted by atomic mass is 10.1. The average Bonchev–Trinajstić information content (AvgIpc) is 3.23. The molecule has 0 aliphatic rings. The minimum Gasteiger partial charge on any atom is -0.497 e. The molecule has 0 radical (unpaired) electrons. The van der Waals surface area contributed by atoms with Gasteiger partial charge in [-0.3, -0.25) is 9.36 Å². The molecule has 1 atom stereocenters. The zero-order chi connectivity index (χ0) is 21.1. The molecule has 0 saturated carbocycles. The molecule has 4 rings (SSSR count). The quantitative estimate of drug-likeness (QED) is 0.468. The Morgan fingerprint density at radius 2 is 1.73 bits per heavy atom. The van der Waals surface area contributed by atoms with Crippen molar-refractivity contribution in [2.75, 3.05) is 14.2 Å². The van der Waals surface area contributed by atoms with E-state index in [0.717, 1.165) is 33.6 Å². The number of hydrogen-bond donors (Lipinski definition) is 0. The molecule has 3 aromatic carbocycles. The fraction of sp³-hybridized carbons (Fsp3) is 0.200. The number of amides is 1. The van der Waals surface area contributed by atoms with Gasteiger partial charge in [0.05, 0.1) is 30.6 Å². The topological polar surface area (TPSA) is 47.4 Å². The van der Waals surface area contributed by atoms with Crippen LogP contribution in [0.5, 0.6) is 5.75 Å². The van der Waals surface area contributed by atoms with Crippen molar-refractivity contribution in [3.05, 3.63) is 90.3 Å². The van der Waals surface area contributed by atoms with E-state index in [1.165, 1.54) is 0 Å². The van der Waals surface area contributed by atoms with Crippen LogP contribution in [0.2, 0.25) is 0 Å². The van der Waals surface area contributed by atoms with Crippen molar-refractivity contribution in [2.24, 2.45) is 0 Å². The van der Waals surface area contributed by atoms with E-state index in [-0.39, 0.29) is 11.9 Å². The highest BCUT2D eigenvalue weighted by Gasteiger charge is 2.18. The maximum Gasteiger partial charge on any atom is 0.227 e. The number of ether oxygens (including phenoxy) is 1. The van der Waals surface area contributed by atoms with Gasteiger partial charge in [-0.15, -0.1) is 0 Å². The Bertz CT molecular complexity index is 1150. The Kier molecular flexibility index (Phi) is 5.53. The van der Waals surface area contributed by atoms with Gasteiger partial charge in [0.1, 0.15) is 12.1 Å². The molecule has 0 saturated heterocycles. The first-order chi connectivity index (χ1) is 14.6. The van der Waals surface area contributed by atoms with Gasteiger partial charge in [-0.05, 0) is 54.4 Å². The maximum absolute atomic E-state index is 12.8. The molecule has 1 aromatic heterocycles. The summed E-state index contributed by atoms with van der Waals surface area (Å²) < 4.78 is 7.25. The van der Waals surface area contributed by atoms with E-state index in [9.17, 15) is 4.79 Å². The Morgan fingerprint density at radius 1 is 1.03 bits per heavy atom. The normalized spacial score (nSPS) is 12.0. The van der Waals surface area contributed by atoms with Gasteiger partial charge < -0.3 is 9.64 Å². The van der Waals surface area contributed by atoms with E-state index in [1.54, 1.807) is 12.0 Å². The van der Waals surface area contributed by atoms with E-state index >= 15 is 0 Å². The van der Waals surface area contributed by atoms with Gasteiger partial charge in [0, 0.05) is 12.7 Å². The molecule has 0 unspecified atom stereocenters. The molecule has 5 heteroatoms. The second-order valence-corrected chi connectivity index (χ2v) is 7.40. The monoisotopic (exact) mass is 399 g/mol. The zero-order valence-electron chi connectivity index (χ0n) is 17.4. The lowest BCUT2D eigenvalue weighted by molar-refractivity contribution is -0.131. The van der Waals surface area contributed by atoms with Crippen molar-refractivity contribution >= 4 is 16.9 Å². The first kappa shape index (κ1) is 19.7. The number of carbonyl (C=O) groups excluding carboxylic acids is 1. The number of likely N-dealkylation sites (N-methyl/N-ethyl adjacent to an activating group) is 1. The summed E-state index contributed by atoms with van der Waals surface area (Å²) in [6, 6.07) is 24.0. The van der Waals surface area contributed by atoms with Crippen LogP contribution in [0.3, 0.4) is 0 Å². The largest absolute Gasteiger partial charge is 0.497 e. The van der Waals surface area contributed by atoms with Crippen LogP contribution < -0.4 is 4.74 Å². The van der Waals surface area contributed by atoms with Gasteiger partial charge >= 0.3 is 0 Å². The summed E-state index contributed by atoms with van der Waals surface area (Å²) in [4.78, 5) is 19.0. The van der Waals surface area contributed by atoms with Crippen molar-refractivity contribution in [3.63, 3.8) is 0 Å². The Hall–Kier alpha value is -3.60. The van der Waals surface area contributed by atoms with Gasteiger partial charge in [0.15, 0.2) is 0 Å². The first-order valence-corrected chi connectivity index (χ1v) is 9.98. The molecule has 5 nitrogen and oxygen atoms in total. The number of carbonyl (C=O) groups is 1. The summed E-state index contributed by atoms with van der Waals surface area (Å²) in [5, 5.41) is 0. The van der Waals surface area contributed by atoms with Crippen LogP contribution in [-0.2, 0) is 11.2 Å². The number of benzene rings is 3. The molecule has 0 fully saturated rings. The molecule has 0 N–H and O–H groups in total. The lowest BCUT2D eigenvalue weighted by Gasteiger charge is -2.26. The van der Waals surface area contributed by atoms with E-state index in [0.29, 0.717) is 6.42 Å². The van der Waals surface area contributed by atoms with Gasteiger partial charge in [0.25, 0.3) is 0 Å². The summed E-state index contributed by atoms with van der Waals surface area (Å²) in [7, 11) is 3.49. The predicted molar refractivity (Wildman–Crippen MR) is 119 cm³/mol. The third-order valence-electron chi connectivity index (χ3n) is 5.60. The van der Waals surface area contributed by atoms with Gasteiger partial charge in [-0.2, -0.15) is 0 Å². The predicted octanol–water partition coefficient (Wildman–Crippen LogP) is 4.80. The van der Waals surface area contributed by atoms with Crippen LogP contribution in [0.15, 0.2) is 79.1 Å². The van der Waals surface area contributed by atoms with Crippen molar-refractivity contribution < 1.29 is 9.53 Å². The van der Waals surface area contributed by atoms with E-state index in [2.05, 4.69) is 39.9 Å². The van der Waals surface area contributed by atoms with Crippen LogP contribution in [0.1, 0.15) is 24.1 Å². The van der Waals surface area contributed by atoms with Gasteiger partial charge in [0.2, 0.25) is 5.91 Å². The molecular weight excluding hydrogens is 374 g/mol. The SMILES string of the molecule is COc1ccc(CC(=O)N(C)[C@H](C)c2ccc(-n3cnc4ccccc43)cc2)cc1. The number of nitrogens with zero attached hydrogens (tertiary/aromatic N) is 3. The van der Waals surface area contributed by atoms with Crippen molar-refractivity contribution in [1.29, 1.82) is 0 Å². The lowest BCUT2D eigenvalue weighted by Crippen LogP contribution is -2.30. The summed E-state index contributed by atoms with van der Waals surface area (Å²) in [5.74, 6) is 0.871. The fourth-order valence-electron chi connectivity index (χ4n) is 3.56. The molecule has 0 aliphatic heterocycles. The smallest absolute Gasteiger partial charge is 0.227 e. The summed E-state index contributed by atoms with van der Waals surface area (Å²) in [6.45, 7) is 2.05. The number of aromatic nitrogens is 2. The number of para-hydroxylation sites is 2. The molecule has 0 bridgehead atoms. The Morgan fingerprint density at radius 3 is 2.43 bits per heavy atom.